The van der Waals surface area contributed by atoms with Crippen LogP contribution in [0.2, 0.25) is 0 Å². The van der Waals surface area contributed by atoms with Gasteiger partial charge in [0.15, 0.2) is 5.82 Å². The Kier molecular flexibility index (Phi) is 3.73. The van der Waals surface area contributed by atoms with E-state index in [1.165, 1.54) is 12.8 Å². The molecule has 0 atom stereocenters. The second kappa shape index (κ2) is 4.97. The molecular formula is C13H24N4O. The van der Waals surface area contributed by atoms with Crippen molar-refractivity contribution in [1.82, 2.24) is 15.0 Å². The summed E-state index contributed by atoms with van der Waals surface area (Å²) in [5.74, 6) is 1.91. The van der Waals surface area contributed by atoms with E-state index in [4.69, 9.17) is 10.3 Å². The Bertz CT molecular complexity index is 390. The van der Waals surface area contributed by atoms with Crippen molar-refractivity contribution in [3.63, 3.8) is 0 Å². The Hall–Kier alpha value is -0.940. The third-order valence-corrected chi connectivity index (χ3v) is 3.05. The molecule has 5 heteroatoms. The molecule has 2 rings (SSSR count). The van der Waals surface area contributed by atoms with Gasteiger partial charge in [-0.2, -0.15) is 4.98 Å². The van der Waals surface area contributed by atoms with Crippen LogP contribution < -0.4 is 5.73 Å². The maximum Gasteiger partial charge on any atom is 0.240 e. The van der Waals surface area contributed by atoms with Crippen LogP contribution in [0.1, 0.15) is 52.3 Å². The lowest BCUT2D eigenvalue weighted by molar-refractivity contribution is 0.196. The van der Waals surface area contributed by atoms with Crippen LogP contribution in [0.15, 0.2) is 4.52 Å². The maximum atomic E-state index is 5.96. The van der Waals surface area contributed by atoms with E-state index in [0.717, 1.165) is 13.1 Å². The molecule has 18 heavy (non-hydrogen) atoms. The SMILES string of the molecule is CC(C)CN(Cc1nc(C(C)(C)N)no1)C1CC1. The van der Waals surface area contributed by atoms with E-state index in [0.29, 0.717) is 23.7 Å². The minimum absolute atomic E-state index is 0.537. The van der Waals surface area contributed by atoms with Gasteiger partial charge in [-0.15, -0.1) is 0 Å². The summed E-state index contributed by atoms with van der Waals surface area (Å²) >= 11 is 0. The molecule has 1 aliphatic carbocycles. The molecule has 0 unspecified atom stereocenters. The summed E-state index contributed by atoms with van der Waals surface area (Å²) in [7, 11) is 0. The highest BCUT2D eigenvalue weighted by molar-refractivity contribution is 4.99. The van der Waals surface area contributed by atoms with Gasteiger partial charge in [0.25, 0.3) is 0 Å². The molecule has 0 spiro atoms. The van der Waals surface area contributed by atoms with Crippen LogP contribution in [-0.4, -0.2) is 27.6 Å². The van der Waals surface area contributed by atoms with Crippen molar-refractivity contribution >= 4 is 0 Å². The van der Waals surface area contributed by atoms with Crippen LogP contribution in [0, 0.1) is 5.92 Å². The number of nitrogens with zero attached hydrogens (tertiary/aromatic N) is 3. The molecule has 1 heterocycles. The van der Waals surface area contributed by atoms with Gasteiger partial charge in [0, 0.05) is 12.6 Å². The predicted molar refractivity (Wildman–Crippen MR) is 69.8 cm³/mol. The molecule has 1 aliphatic rings. The number of nitrogens with two attached hydrogens (primary N) is 1. The molecule has 102 valence electrons. The quantitative estimate of drug-likeness (QED) is 0.837. The fraction of sp³-hybridized carbons (Fsp3) is 0.846. The third kappa shape index (κ3) is 3.53. The monoisotopic (exact) mass is 252 g/mol. The zero-order chi connectivity index (χ0) is 13.3. The summed E-state index contributed by atoms with van der Waals surface area (Å²) < 4.78 is 5.30. The smallest absolute Gasteiger partial charge is 0.240 e. The van der Waals surface area contributed by atoms with Crippen LogP contribution in [0.4, 0.5) is 0 Å². The second-order valence-corrected chi connectivity index (χ2v) is 6.29. The molecule has 1 aromatic heterocycles. The van der Waals surface area contributed by atoms with E-state index in [1.54, 1.807) is 0 Å². The first kappa shape index (κ1) is 13.5. The minimum atomic E-state index is -0.537. The van der Waals surface area contributed by atoms with Crippen molar-refractivity contribution in [3.05, 3.63) is 11.7 Å². The molecule has 0 saturated heterocycles. The summed E-state index contributed by atoms with van der Waals surface area (Å²) in [4.78, 5) is 6.83. The van der Waals surface area contributed by atoms with Gasteiger partial charge in [0.1, 0.15) is 0 Å². The molecule has 0 bridgehead atoms. The van der Waals surface area contributed by atoms with E-state index >= 15 is 0 Å². The molecule has 0 radical (unpaired) electrons. The van der Waals surface area contributed by atoms with E-state index in [9.17, 15) is 0 Å². The lowest BCUT2D eigenvalue weighted by Crippen LogP contribution is -2.31. The maximum absolute atomic E-state index is 5.96. The Morgan fingerprint density at radius 3 is 2.56 bits per heavy atom. The highest BCUT2D eigenvalue weighted by Crippen LogP contribution is 2.29. The fourth-order valence-electron chi connectivity index (χ4n) is 2.01. The number of aromatic nitrogens is 2. The highest BCUT2D eigenvalue weighted by atomic mass is 16.5. The summed E-state index contributed by atoms with van der Waals surface area (Å²) in [6.45, 7) is 10.1. The number of rotatable bonds is 6. The largest absolute Gasteiger partial charge is 0.338 e. The number of hydrogen-bond donors (Lipinski definition) is 1. The first-order valence-electron chi connectivity index (χ1n) is 6.72. The fourth-order valence-corrected chi connectivity index (χ4v) is 2.01. The summed E-state index contributed by atoms with van der Waals surface area (Å²) in [6.07, 6.45) is 2.58. The minimum Gasteiger partial charge on any atom is -0.338 e. The van der Waals surface area contributed by atoms with Crippen molar-refractivity contribution in [2.24, 2.45) is 11.7 Å². The molecule has 1 fully saturated rings. The molecule has 0 aliphatic heterocycles. The molecule has 5 nitrogen and oxygen atoms in total. The zero-order valence-corrected chi connectivity index (χ0v) is 11.8. The summed E-state index contributed by atoms with van der Waals surface area (Å²) in [5.41, 5.74) is 5.42. The number of hydrogen-bond acceptors (Lipinski definition) is 5. The molecule has 2 N–H and O–H groups in total. The van der Waals surface area contributed by atoms with Gasteiger partial charge in [-0.25, -0.2) is 0 Å². The average Bonchev–Trinajstić information content (AvgIpc) is 2.96. The van der Waals surface area contributed by atoms with Crippen molar-refractivity contribution in [2.45, 2.75) is 58.7 Å². The van der Waals surface area contributed by atoms with E-state index < -0.39 is 5.54 Å². The van der Waals surface area contributed by atoms with Gasteiger partial charge in [-0.3, -0.25) is 4.90 Å². The van der Waals surface area contributed by atoms with Crippen molar-refractivity contribution in [3.8, 4) is 0 Å². The molecule has 1 saturated carbocycles. The van der Waals surface area contributed by atoms with Crippen LogP contribution in [-0.2, 0) is 12.1 Å². The Morgan fingerprint density at radius 2 is 2.11 bits per heavy atom. The van der Waals surface area contributed by atoms with Crippen LogP contribution in [0.5, 0.6) is 0 Å². The molecule has 1 aromatic rings. The third-order valence-electron chi connectivity index (χ3n) is 3.05. The Balaban J connectivity index is 2.00. The first-order chi connectivity index (χ1) is 8.36. The van der Waals surface area contributed by atoms with Crippen molar-refractivity contribution < 1.29 is 4.52 Å². The first-order valence-corrected chi connectivity index (χ1v) is 6.72. The normalized spacial score (nSPS) is 16.8. The van der Waals surface area contributed by atoms with Gasteiger partial charge < -0.3 is 10.3 Å². The van der Waals surface area contributed by atoms with E-state index in [1.807, 2.05) is 13.8 Å². The topological polar surface area (TPSA) is 68.2 Å². The predicted octanol–water partition coefficient (Wildman–Crippen LogP) is 1.88. The lowest BCUT2D eigenvalue weighted by Gasteiger charge is -2.21. The zero-order valence-electron chi connectivity index (χ0n) is 11.8. The van der Waals surface area contributed by atoms with Crippen LogP contribution in [0.3, 0.4) is 0 Å². The molecule has 0 amide bonds. The van der Waals surface area contributed by atoms with Gasteiger partial charge in [0.2, 0.25) is 5.89 Å². The molecular weight excluding hydrogens is 228 g/mol. The second-order valence-electron chi connectivity index (χ2n) is 6.29. The standard InChI is InChI=1S/C13H24N4O/c1-9(2)7-17(10-5-6-10)8-11-15-12(16-18-11)13(3,4)14/h9-10H,5-8,14H2,1-4H3. The molecule has 0 aromatic carbocycles. The van der Waals surface area contributed by atoms with Crippen molar-refractivity contribution in [2.75, 3.05) is 6.54 Å². The van der Waals surface area contributed by atoms with Gasteiger partial charge >= 0.3 is 0 Å². The van der Waals surface area contributed by atoms with Crippen molar-refractivity contribution in [1.29, 1.82) is 0 Å². The van der Waals surface area contributed by atoms with Gasteiger partial charge in [-0.05, 0) is 32.6 Å². The lowest BCUT2D eigenvalue weighted by atomic mass is 10.1. The summed E-state index contributed by atoms with van der Waals surface area (Å²) in [5, 5.41) is 3.96. The average molecular weight is 252 g/mol. The van der Waals surface area contributed by atoms with E-state index in [-0.39, 0.29) is 0 Å². The Morgan fingerprint density at radius 1 is 1.44 bits per heavy atom. The Labute approximate surface area is 109 Å². The van der Waals surface area contributed by atoms with Crippen LogP contribution >= 0.6 is 0 Å². The van der Waals surface area contributed by atoms with Crippen LogP contribution in [0.25, 0.3) is 0 Å². The summed E-state index contributed by atoms with van der Waals surface area (Å²) in [6, 6.07) is 0.702. The van der Waals surface area contributed by atoms with E-state index in [2.05, 4.69) is 28.9 Å². The highest BCUT2D eigenvalue weighted by Gasteiger charge is 2.31. The van der Waals surface area contributed by atoms with Gasteiger partial charge in [0.05, 0.1) is 12.1 Å². The van der Waals surface area contributed by atoms with Gasteiger partial charge in [-0.1, -0.05) is 19.0 Å².